The van der Waals surface area contributed by atoms with Gasteiger partial charge in [-0.1, -0.05) is 64.7 Å². The Bertz CT molecular complexity index is 691. The average Bonchev–Trinajstić information content (AvgIpc) is 3.11. The maximum atomic E-state index is 12.0. The van der Waals surface area contributed by atoms with Crippen molar-refractivity contribution in [1.29, 1.82) is 0 Å². The number of alkyl carbamates (subject to hydrolysis) is 1. The largest absolute Gasteiger partial charge is 0.748 e. The molecule has 1 rings (SSSR count). The van der Waals surface area contributed by atoms with Crippen LogP contribution in [0.3, 0.4) is 0 Å². The minimum atomic E-state index is -4.28. The average molecular weight is 509 g/mol. The van der Waals surface area contributed by atoms with Gasteiger partial charge in [-0.05, 0) is 47.3 Å². The van der Waals surface area contributed by atoms with E-state index in [1.165, 1.54) is 44.9 Å². The molecule has 0 aliphatic carbocycles. The molecule has 30 heavy (non-hydrogen) atoms. The second-order valence-corrected chi connectivity index (χ2v) is 9.85. The van der Waals surface area contributed by atoms with Crippen LogP contribution < -0.4 is 5.32 Å². The van der Waals surface area contributed by atoms with Crippen LogP contribution in [0.25, 0.3) is 0 Å². The molecular formula is C21H35BrNO6S-. The molecule has 0 aliphatic heterocycles. The summed E-state index contributed by atoms with van der Waals surface area (Å²) in [6, 6.07) is 3.52. The molecule has 0 spiro atoms. The standard InChI is InChI=1S/C21H36BrNO6S/c1-2-3-4-5-6-7-8-9-10-11-13-18(19-14-15-20(22)28-19)29-21(24)23-16-12-17-30(25,26)27/h14-15,18H,2-13,16-17H2,1H3,(H,23,24)(H,25,26,27)/p-1. The number of nitrogens with one attached hydrogen (secondary N) is 1. The topological polar surface area (TPSA) is 109 Å². The molecule has 1 aromatic rings. The van der Waals surface area contributed by atoms with Gasteiger partial charge in [-0.15, -0.1) is 0 Å². The van der Waals surface area contributed by atoms with Crippen molar-refractivity contribution in [2.45, 2.75) is 90.1 Å². The van der Waals surface area contributed by atoms with Crippen LogP contribution in [0.15, 0.2) is 21.2 Å². The highest BCUT2D eigenvalue weighted by Gasteiger charge is 2.20. The van der Waals surface area contributed by atoms with Crippen LogP contribution in [0.4, 0.5) is 4.79 Å². The predicted octanol–water partition coefficient (Wildman–Crippen LogP) is 6.06. The molecule has 0 fully saturated rings. The van der Waals surface area contributed by atoms with Crippen molar-refractivity contribution in [2.24, 2.45) is 0 Å². The van der Waals surface area contributed by atoms with Crippen LogP contribution in [0.2, 0.25) is 0 Å². The maximum Gasteiger partial charge on any atom is 0.407 e. The summed E-state index contributed by atoms with van der Waals surface area (Å²) in [5.74, 6) is 0.0514. The molecule has 1 N–H and O–H groups in total. The van der Waals surface area contributed by atoms with E-state index in [0.29, 0.717) is 16.9 Å². The maximum absolute atomic E-state index is 12.0. The third-order valence-corrected chi connectivity index (χ3v) is 6.04. The zero-order valence-electron chi connectivity index (χ0n) is 17.9. The third kappa shape index (κ3) is 14.0. The first-order valence-corrected chi connectivity index (χ1v) is 13.3. The molecule has 0 saturated carbocycles. The molecule has 0 aliphatic rings. The number of furan rings is 1. The van der Waals surface area contributed by atoms with E-state index in [4.69, 9.17) is 9.15 Å². The lowest BCUT2D eigenvalue weighted by molar-refractivity contribution is 0.0772. The van der Waals surface area contributed by atoms with Crippen LogP contribution in [0.1, 0.15) is 95.8 Å². The van der Waals surface area contributed by atoms with Gasteiger partial charge in [0, 0.05) is 12.3 Å². The summed E-state index contributed by atoms with van der Waals surface area (Å²) in [6.07, 6.45) is 11.8. The Morgan fingerprint density at radius 2 is 1.67 bits per heavy atom. The second-order valence-electron chi connectivity index (χ2n) is 7.55. The van der Waals surface area contributed by atoms with Crippen LogP contribution in [-0.4, -0.2) is 31.4 Å². The van der Waals surface area contributed by atoms with Gasteiger partial charge in [-0.2, -0.15) is 0 Å². The summed E-state index contributed by atoms with van der Waals surface area (Å²) in [5, 5.41) is 2.48. The molecule has 1 unspecified atom stereocenters. The minimum Gasteiger partial charge on any atom is -0.748 e. The molecule has 9 heteroatoms. The molecule has 0 bridgehead atoms. The van der Waals surface area contributed by atoms with Crippen molar-refractivity contribution >= 4 is 32.1 Å². The fourth-order valence-electron chi connectivity index (χ4n) is 3.19. The molecule has 1 heterocycles. The van der Waals surface area contributed by atoms with Crippen molar-refractivity contribution in [3.05, 3.63) is 22.6 Å². The van der Waals surface area contributed by atoms with Crippen molar-refractivity contribution in [2.75, 3.05) is 12.3 Å². The summed E-state index contributed by atoms with van der Waals surface area (Å²) < 4.78 is 43.4. The van der Waals surface area contributed by atoms with E-state index >= 15 is 0 Å². The molecule has 1 amide bonds. The summed E-state index contributed by atoms with van der Waals surface area (Å²) >= 11 is 3.26. The van der Waals surface area contributed by atoms with Gasteiger partial charge in [-0.25, -0.2) is 13.2 Å². The number of hydrogen-bond donors (Lipinski definition) is 1. The Morgan fingerprint density at radius 3 is 2.20 bits per heavy atom. The Kier molecular flexibility index (Phi) is 14.1. The van der Waals surface area contributed by atoms with Crippen molar-refractivity contribution in [3.8, 4) is 0 Å². The summed E-state index contributed by atoms with van der Waals surface area (Å²) in [5.41, 5.74) is 0. The first kappa shape index (κ1) is 27.0. The predicted molar refractivity (Wildman–Crippen MR) is 119 cm³/mol. The highest BCUT2D eigenvalue weighted by molar-refractivity contribution is 9.10. The van der Waals surface area contributed by atoms with E-state index in [2.05, 4.69) is 28.2 Å². The number of carbonyl (C=O) groups is 1. The Balaban J connectivity index is 2.29. The minimum absolute atomic E-state index is 0.0519. The van der Waals surface area contributed by atoms with Gasteiger partial charge in [0.05, 0.1) is 10.1 Å². The lowest BCUT2D eigenvalue weighted by atomic mass is 10.0. The van der Waals surface area contributed by atoms with E-state index in [1.54, 1.807) is 12.1 Å². The van der Waals surface area contributed by atoms with E-state index in [-0.39, 0.29) is 13.0 Å². The summed E-state index contributed by atoms with van der Waals surface area (Å²) in [4.78, 5) is 12.0. The van der Waals surface area contributed by atoms with E-state index in [1.807, 2.05) is 0 Å². The number of ether oxygens (including phenoxy) is 1. The van der Waals surface area contributed by atoms with Gasteiger partial charge >= 0.3 is 6.09 Å². The molecule has 1 aromatic heterocycles. The van der Waals surface area contributed by atoms with Gasteiger partial charge < -0.3 is 19.0 Å². The molecule has 0 aromatic carbocycles. The third-order valence-electron chi connectivity index (χ3n) is 4.82. The van der Waals surface area contributed by atoms with Gasteiger partial charge in [0.15, 0.2) is 10.8 Å². The van der Waals surface area contributed by atoms with Crippen molar-refractivity contribution in [3.63, 3.8) is 0 Å². The van der Waals surface area contributed by atoms with Crippen LogP contribution >= 0.6 is 15.9 Å². The Labute approximate surface area is 189 Å². The zero-order chi connectivity index (χ0) is 22.2. The summed E-state index contributed by atoms with van der Waals surface area (Å²) in [7, 11) is -4.28. The fraction of sp³-hybridized carbons (Fsp3) is 0.762. The number of unbranched alkanes of at least 4 members (excludes halogenated alkanes) is 9. The second kappa shape index (κ2) is 15.7. The van der Waals surface area contributed by atoms with Crippen LogP contribution in [-0.2, 0) is 14.9 Å². The van der Waals surface area contributed by atoms with Crippen molar-refractivity contribution < 1.29 is 26.9 Å². The van der Waals surface area contributed by atoms with E-state index in [9.17, 15) is 17.8 Å². The SMILES string of the molecule is CCCCCCCCCCCCC(OC(=O)NCCCS(=O)(=O)[O-])c1ccc(Br)o1. The molecule has 0 radical (unpaired) electrons. The van der Waals surface area contributed by atoms with Gasteiger partial charge in [0.2, 0.25) is 0 Å². The smallest absolute Gasteiger partial charge is 0.407 e. The normalized spacial score (nSPS) is 12.6. The zero-order valence-corrected chi connectivity index (χ0v) is 20.3. The monoisotopic (exact) mass is 508 g/mol. The molecule has 174 valence electrons. The van der Waals surface area contributed by atoms with Crippen LogP contribution in [0.5, 0.6) is 0 Å². The Morgan fingerprint density at radius 1 is 1.07 bits per heavy atom. The van der Waals surface area contributed by atoms with Gasteiger partial charge in [0.25, 0.3) is 0 Å². The number of rotatable bonds is 17. The molecular weight excluding hydrogens is 474 g/mol. The lowest BCUT2D eigenvalue weighted by Crippen LogP contribution is -2.28. The number of hydrogen-bond acceptors (Lipinski definition) is 6. The number of amides is 1. The Hall–Kier alpha value is -1.06. The molecule has 0 saturated heterocycles. The first-order chi connectivity index (χ1) is 14.3. The first-order valence-electron chi connectivity index (χ1n) is 10.9. The fourth-order valence-corrected chi connectivity index (χ4v) is 4.00. The van der Waals surface area contributed by atoms with Gasteiger partial charge in [-0.3, -0.25) is 0 Å². The van der Waals surface area contributed by atoms with Gasteiger partial charge in [0.1, 0.15) is 5.76 Å². The molecule has 7 nitrogen and oxygen atoms in total. The number of carbonyl (C=O) groups excluding carboxylic acids is 1. The van der Waals surface area contributed by atoms with Crippen LogP contribution in [0, 0.1) is 0 Å². The van der Waals surface area contributed by atoms with E-state index < -0.39 is 28.1 Å². The quantitative estimate of drug-likeness (QED) is 0.202. The summed E-state index contributed by atoms with van der Waals surface area (Å²) in [6.45, 7) is 2.29. The van der Waals surface area contributed by atoms with Crippen molar-refractivity contribution in [1.82, 2.24) is 5.32 Å². The highest BCUT2D eigenvalue weighted by atomic mass is 79.9. The molecule has 1 atom stereocenters. The number of halogens is 1. The highest BCUT2D eigenvalue weighted by Crippen LogP contribution is 2.28. The lowest BCUT2D eigenvalue weighted by Gasteiger charge is -2.16. The van der Waals surface area contributed by atoms with E-state index in [0.717, 1.165) is 19.3 Å².